The van der Waals surface area contributed by atoms with E-state index in [0.29, 0.717) is 0 Å². The largest absolute Gasteiger partial charge is 0.503 e. The summed E-state index contributed by atoms with van der Waals surface area (Å²) in [6, 6.07) is 0.550. The quantitative estimate of drug-likeness (QED) is 0.630. The van der Waals surface area contributed by atoms with Crippen LogP contribution in [0.3, 0.4) is 0 Å². The van der Waals surface area contributed by atoms with Crippen molar-refractivity contribution in [3.05, 3.63) is 28.2 Å². The molecule has 15 heavy (non-hydrogen) atoms. The van der Waals surface area contributed by atoms with Gasteiger partial charge in [-0.3, -0.25) is 4.79 Å². The van der Waals surface area contributed by atoms with Gasteiger partial charge in [0.25, 0.3) is 0 Å². The van der Waals surface area contributed by atoms with E-state index < -0.39 is 17.2 Å². The average Bonchev–Trinajstić information content (AvgIpc) is 2.25. The van der Waals surface area contributed by atoms with Crippen molar-refractivity contribution in [1.82, 2.24) is 4.57 Å². The van der Waals surface area contributed by atoms with E-state index in [-0.39, 0.29) is 24.8 Å². The average molecular weight is 234 g/mol. The highest BCUT2D eigenvalue weighted by Crippen LogP contribution is 2.18. The maximum Gasteiger partial charge on any atom is 0.223 e. The molecule has 0 saturated carbocycles. The minimum atomic E-state index is -0.606. The zero-order chi connectivity index (χ0) is 11.4. The fourth-order valence-corrected chi connectivity index (χ4v) is 1.55. The molecule has 5 nitrogen and oxygen atoms in total. The Morgan fingerprint density at radius 3 is 2.47 bits per heavy atom. The van der Waals surface area contributed by atoms with Crippen LogP contribution in [0.4, 0.5) is 0 Å². The number of pyridine rings is 1. The van der Waals surface area contributed by atoms with Gasteiger partial charge in [-0.2, -0.15) is 0 Å². The summed E-state index contributed by atoms with van der Waals surface area (Å²) in [7, 11) is 0. The Balaban J connectivity index is 3.29. The molecule has 1 rings (SSSR count). The molecular formula is C9H12ClNO4. The topological polar surface area (TPSA) is 82.7 Å². The number of aliphatic hydroxyl groups is 2. The summed E-state index contributed by atoms with van der Waals surface area (Å²) >= 11 is 5.58. The Morgan fingerprint density at radius 2 is 2.00 bits per heavy atom. The van der Waals surface area contributed by atoms with E-state index in [1.165, 1.54) is 10.8 Å². The van der Waals surface area contributed by atoms with Gasteiger partial charge in [-0.1, -0.05) is 0 Å². The molecule has 0 aromatic carbocycles. The molecule has 1 aromatic heterocycles. The number of hydrogen-bond donors (Lipinski definition) is 3. The van der Waals surface area contributed by atoms with Crippen molar-refractivity contribution >= 4 is 11.6 Å². The van der Waals surface area contributed by atoms with Crippen molar-refractivity contribution in [3.8, 4) is 5.75 Å². The Morgan fingerprint density at radius 1 is 1.40 bits per heavy atom. The van der Waals surface area contributed by atoms with Gasteiger partial charge < -0.3 is 19.9 Å². The van der Waals surface area contributed by atoms with Crippen molar-refractivity contribution in [2.45, 2.75) is 11.9 Å². The fourth-order valence-electron chi connectivity index (χ4n) is 1.29. The normalized spacial score (nSPS) is 10.9. The molecule has 0 spiro atoms. The smallest absolute Gasteiger partial charge is 0.223 e. The summed E-state index contributed by atoms with van der Waals surface area (Å²) in [6.45, 7) is -0.606. The standard InChI is InChI=1S/C9H12ClNO4/c10-3-7-9(15)8(14)1-2-11(7)6(4-12)5-13/h1-2,6,12-13,15H,3-5H2. The lowest BCUT2D eigenvalue weighted by atomic mass is 10.2. The van der Waals surface area contributed by atoms with Crippen LogP contribution in [0, 0.1) is 0 Å². The minimum Gasteiger partial charge on any atom is -0.503 e. The van der Waals surface area contributed by atoms with E-state index in [9.17, 15) is 9.90 Å². The molecule has 0 bridgehead atoms. The van der Waals surface area contributed by atoms with Gasteiger partial charge in [0, 0.05) is 12.3 Å². The first-order valence-electron chi connectivity index (χ1n) is 4.36. The van der Waals surface area contributed by atoms with E-state index in [1.807, 2.05) is 0 Å². The van der Waals surface area contributed by atoms with Crippen molar-refractivity contribution in [2.75, 3.05) is 13.2 Å². The molecule has 1 aromatic rings. The lowest BCUT2D eigenvalue weighted by Crippen LogP contribution is -2.22. The third-order valence-corrected chi connectivity index (χ3v) is 2.40. The van der Waals surface area contributed by atoms with Crippen LogP contribution in [0.15, 0.2) is 17.1 Å². The van der Waals surface area contributed by atoms with E-state index in [4.69, 9.17) is 21.8 Å². The number of aliphatic hydroxyl groups excluding tert-OH is 2. The maximum absolute atomic E-state index is 11.1. The zero-order valence-electron chi connectivity index (χ0n) is 7.93. The van der Waals surface area contributed by atoms with Gasteiger partial charge in [0.1, 0.15) is 0 Å². The molecule has 0 aliphatic carbocycles. The third-order valence-electron chi connectivity index (χ3n) is 2.15. The van der Waals surface area contributed by atoms with Crippen LogP contribution in [0.1, 0.15) is 11.7 Å². The van der Waals surface area contributed by atoms with Gasteiger partial charge in [0.2, 0.25) is 5.43 Å². The second-order valence-corrected chi connectivity index (χ2v) is 3.30. The predicted octanol–water partition coefficient (Wildman–Crippen LogP) is -0.182. The first-order valence-corrected chi connectivity index (χ1v) is 4.89. The fraction of sp³-hybridized carbons (Fsp3) is 0.444. The second-order valence-electron chi connectivity index (χ2n) is 3.04. The van der Waals surface area contributed by atoms with Crippen molar-refractivity contribution in [2.24, 2.45) is 0 Å². The number of halogens is 1. The summed E-state index contributed by atoms with van der Waals surface area (Å²) in [5.74, 6) is -0.516. The molecule has 0 atom stereocenters. The molecule has 84 valence electrons. The molecule has 0 saturated heterocycles. The van der Waals surface area contributed by atoms with Gasteiger partial charge in [-0.05, 0) is 0 Å². The highest BCUT2D eigenvalue weighted by Gasteiger charge is 2.15. The first kappa shape index (κ1) is 12.0. The van der Waals surface area contributed by atoms with Gasteiger partial charge in [-0.25, -0.2) is 0 Å². The molecule has 0 fully saturated rings. The number of hydrogen-bond acceptors (Lipinski definition) is 4. The summed E-state index contributed by atoms with van der Waals surface area (Å²) in [5.41, 5.74) is -0.339. The van der Waals surface area contributed by atoms with Crippen molar-refractivity contribution < 1.29 is 15.3 Å². The molecule has 0 radical (unpaired) electrons. The number of nitrogens with zero attached hydrogens (tertiary/aromatic N) is 1. The summed E-state index contributed by atoms with van der Waals surface area (Å²) in [4.78, 5) is 11.1. The van der Waals surface area contributed by atoms with Crippen LogP contribution in [0.2, 0.25) is 0 Å². The van der Waals surface area contributed by atoms with Gasteiger partial charge in [0.05, 0.1) is 30.8 Å². The van der Waals surface area contributed by atoms with Gasteiger partial charge in [0.15, 0.2) is 5.75 Å². The molecule has 6 heteroatoms. The maximum atomic E-state index is 11.1. The lowest BCUT2D eigenvalue weighted by Gasteiger charge is -2.19. The Bertz CT molecular complexity index is 386. The Labute approximate surface area is 91.2 Å². The zero-order valence-corrected chi connectivity index (χ0v) is 8.68. The van der Waals surface area contributed by atoms with E-state index >= 15 is 0 Å². The molecule has 1 heterocycles. The van der Waals surface area contributed by atoms with E-state index in [1.54, 1.807) is 0 Å². The monoisotopic (exact) mass is 233 g/mol. The molecule has 0 unspecified atom stereocenters. The summed E-state index contributed by atoms with van der Waals surface area (Å²) in [6.07, 6.45) is 1.39. The Hall–Kier alpha value is -1.04. The summed E-state index contributed by atoms with van der Waals surface area (Å²) in [5, 5.41) is 27.4. The predicted molar refractivity (Wildman–Crippen MR) is 55.1 cm³/mol. The minimum absolute atomic E-state index is 0.0710. The first-order chi connectivity index (χ1) is 7.15. The van der Waals surface area contributed by atoms with Gasteiger partial charge in [-0.15, -0.1) is 11.6 Å². The third kappa shape index (κ3) is 2.31. The Kier molecular flexibility index (Phi) is 4.14. The van der Waals surface area contributed by atoms with Crippen molar-refractivity contribution in [3.63, 3.8) is 0 Å². The van der Waals surface area contributed by atoms with Crippen LogP contribution < -0.4 is 5.43 Å². The molecular weight excluding hydrogens is 222 g/mol. The molecule has 0 aliphatic rings. The number of rotatable bonds is 4. The highest BCUT2D eigenvalue weighted by atomic mass is 35.5. The number of aromatic nitrogens is 1. The van der Waals surface area contributed by atoms with Crippen LogP contribution in [-0.2, 0) is 5.88 Å². The molecule has 0 amide bonds. The van der Waals surface area contributed by atoms with Crippen LogP contribution in [0.5, 0.6) is 5.75 Å². The number of aromatic hydroxyl groups is 1. The molecule has 0 aliphatic heterocycles. The van der Waals surface area contributed by atoms with Crippen LogP contribution in [0.25, 0.3) is 0 Å². The van der Waals surface area contributed by atoms with Crippen LogP contribution in [-0.4, -0.2) is 33.1 Å². The summed E-state index contributed by atoms with van der Waals surface area (Å²) < 4.78 is 1.39. The number of alkyl halides is 1. The van der Waals surface area contributed by atoms with Crippen molar-refractivity contribution in [1.29, 1.82) is 0 Å². The second kappa shape index (κ2) is 5.16. The highest BCUT2D eigenvalue weighted by molar-refractivity contribution is 6.17. The van der Waals surface area contributed by atoms with E-state index in [2.05, 4.69) is 0 Å². The lowest BCUT2D eigenvalue weighted by molar-refractivity contribution is 0.152. The van der Waals surface area contributed by atoms with Crippen LogP contribution >= 0.6 is 11.6 Å². The molecule has 3 N–H and O–H groups in total. The van der Waals surface area contributed by atoms with E-state index in [0.717, 1.165) is 6.07 Å². The van der Waals surface area contributed by atoms with Gasteiger partial charge >= 0.3 is 0 Å². The SMILES string of the molecule is O=c1ccn(C(CO)CO)c(CCl)c1O.